The normalized spacial score (nSPS) is 12.0. The summed E-state index contributed by atoms with van der Waals surface area (Å²) in [4.78, 5) is 28.2. The van der Waals surface area contributed by atoms with E-state index in [1.807, 2.05) is 24.3 Å². The van der Waals surface area contributed by atoms with E-state index in [1.165, 1.54) is 16.7 Å². The van der Waals surface area contributed by atoms with Crippen molar-refractivity contribution in [1.29, 1.82) is 0 Å². The van der Waals surface area contributed by atoms with Gasteiger partial charge in [-0.25, -0.2) is 0 Å². The number of hydrogen-bond donors (Lipinski definition) is 2. The highest BCUT2D eigenvalue weighted by Gasteiger charge is 2.23. The predicted molar refractivity (Wildman–Crippen MR) is 118 cm³/mol. The average molecular weight is 404 g/mol. The Morgan fingerprint density at radius 1 is 0.793 bits per heavy atom. The zero-order chi connectivity index (χ0) is 20.2. The first-order chi connectivity index (χ1) is 14.1. The van der Waals surface area contributed by atoms with Crippen LogP contribution in [0.5, 0.6) is 0 Å². The summed E-state index contributed by atoms with van der Waals surface area (Å²) >= 11 is 1.76. The predicted octanol–water partition coefficient (Wildman–Crippen LogP) is 5.28. The van der Waals surface area contributed by atoms with E-state index >= 15 is 0 Å². The molecule has 3 aromatic carbocycles. The van der Waals surface area contributed by atoms with Crippen LogP contribution in [0.2, 0.25) is 0 Å². The zero-order valence-electron chi connectivity index (χ0n) is 16.0. The highest BCUT2D eigenvalue weighted by molar-refractivity contribution is 7.99. The molecule has 0 aliphatic carbocycles. The number of fused-ring (bicyclic) bond motifs is 2. The summed E-state index contributed by atoms with van der Waals surface area (Å²) in [5, 5.41) is 5.64. The lowest BCUT2D eigenvalue weighted by atomic mass is 10.2. The molecule has 0 atom stereocenters. The van der Waals surface area contributed by atoms with Crippen LogP contribution in [0, 0.1) is 0 Å². The smallest absolute Gasteiger partial charge is 0.226 e. The molecule has 146 valence electrons. The van der Waals surface area contributed by atoms with Gasteiger partial charge < -0.3 is 15.5 Å². The molecule has 5 nitrogen and oxygen atoms in total. The fourth-order valence-corrected chi connectivity index (χ4v) is 4.39. The Morgan fingerprint density at radius 2 is 1.31 bits per heavy atom. The topological polar surface area (TPSA) is 61.4 Å². The molecule has 2 N–H and O–H groups in total. The number of nitrogens with zero attached hydrogens (tertiary/aromatic N) is 1. The molecule has 0 saturated heterocycles. The van der Waals surface area contributed by atoms with Crippen LogP contribution in [0.25, 0.3) is 0 Å². The maximum atomic E-state index is 12.5. The van der Waals surface area contributed by atoms with E-state index in [1.54, 1.807) is 36.0 Å². The van der Waals surface area contributed by atoms with Crippen molar-refractivity contribution >= 4 is 46.3 Å². The quantitative estimate of drug-likeness (QED) is 0.609. The number of benzene rings is 3. The fraction of sp³-hybridized carbons (Fsp3) is 0.130. The van der Waals surface area contributed by atoms with Crippen LogP contribution in [0.15, 0.2) is 82.6 Å². The molecule has 0 fully saturated rings. The van der Waals surface area contributed by atoms with Crippen LogP contribution in [0.1, 0.15) is 13.3 Å². The Morgan fingerprint density at radius 3 is 1.86 bits per heavy atom. The average Bonchev–Trinajstić information content (AvgIpc) is 2.72. The van der Waals surface area contributed by atoms with Crippen LogP contribution >= 0.6 is 11.8 Å². The van der Waals surface area contributed by atoms with Crippen molar-refractivity contribution in [2.75, 3.05) is 22.1 Å². The molecule has 1 aliphatic heterocycles. The van der Waals surface area contributed by atoms with E-state index in [0.29, 0.717) is 24.3 Å². The molecule has 0 radical (unpaired) electrons. The van der Waals surface area contributed by atoms with Gasteiger partial charge in [0, 0.05) is 41.1 Å². The van der Waals surface area contributed by atoms with Gasteiger partial charge in [-0.3, -0.25) is 9.59 Å². The van der Waals surface area contributed by atoms with Gasteiger partial charge in [-0.15, -0.1) is 0 Å². The van der Waals surface area contributed by atoms with Crippen molar-refractivity contribution in [3.63, 3.8) is 0 Å². The molecule has 0 spiro atoms. The lowest BCUT2D eigenvalue weighted by Crippen LogP contribution is -2.25. The number of amides is 2. The van der Waals surface area contributed by atoms with Crippen molar-refractivity contribution in [1.82, 2.24) is 0 Å². The van der Waals surface area contributed by atoms with Crippen LogP contribution in [-0.4, -0.2) is 18.4 Å². The lowest BCUT2D eigenvalue weighted by Gasteiger charge is -2.32. The van der Waals surface area contributed by atoms with Gasteiger partial charge in [0.15, 0.2) is 0 Å². The number of nitrogens with one attached hydrogen (secondary N) is 2. The maximum Gasteiger partial charge on any atom is 0.226 e. The number of anilines is 4. The van der Waals surface area contributed by atoms with Crippen LogP contribution < -0.4 is 15.5 Å². The van der Waals surface area contributed by atoms with Gasteiger partial charge in [-0.1, -0.05) is 36.0 Å². The molecular formula is C23H21N3O2S. The Kier molecular flexibility index (Phi) is 5.53. The largest absolute Gasteiger partial charge is 0.339 e. The highest BCUT2D eigenvalue weighted by Crippen LogP contribution is 2.47. The number of para-hydroxylation sites is 2. The number of hydrogen-bond acceptors (Lipinski definition) is 4. The second-order valence-electron chi connectivity index (χ2n) is 6.75. The minimum Gasteiger partial charge on any atom is -0.339 e. The summed E-state index contributed by atoms with van der Waals surface area (Å²) < 4.78 is 0. The van der Waals surface area contributed by atoms with Crippen molar-refractivity contribution in [2.24, 2.45) is 0 Å². The summed E-state index contributed by atoms with van der Waals surface area (Å²) in [6.45, 7) is 2.05. The second kappa shape index (κ2) is 8.41. The Balaban J connectivity index is 1.44. The third-order valence-electron chi connectivity index (χ3n) is 4.58. The molecule has 0 bridgehead atoms. The first-order valence-corrected chi connectivity index (χ1v) is 10.2. The fourth-order valence-electron chi connectivity index (χ4n) is 3.30. The van der Waals surface area contributed by atoms with Gasteiger partial charge in [-0.05, 0) is 48.5 Å². The molecule has 0 aromatic heterocycles. The van der Waals surface area contributed by atoms with E-state index < -0.39 is 0 Å². The van der Waals surface area contributed by atoms with Gasteiger partial charge >= 0.3 is 0 Å². The van der Waals surface area contributed by atoms with Crippen LogP contribution in [-0.2, 0) is 9.59 Å². The molecule has 4 rings (SSSR count). The van der Waals surface area contributed by atoms with Crippen molar-refractivity contribution in [3.05, 3.63) is 72.8 Å². The van der Waals surface area contributed by atoms with Crippen LogP contribution in [0.4, 0.5) is 22.7 Å². The molecule has 0 saturated carbocycles. The maximum absolute atomic E-state index is 12.5. The number of carbonyl (C=O) groups excluding carboxylic acids is 2. The van der Waals surface area contributed by atoms with Gasteiger partial charge in [-0.2, -0.15) is 0 Å². The highest BCUT2D eigenvalue weighted by atomic mass is 32.2. The molecule has 1 aliphatic rings. The third kappa shape index (κ3) is 4.43. The summed E-state index contributed by atoms with van der Waals surface area (Å²) in [7, 11) is 0. The molecule has 3 aromatic rings. The summed E-state index contributed by atoms with van der Waals surface area (Å²) in [5.41, 5.74) is 3.67. The number of carbonyl (C=O) groups is 2. The molecule has 0 unspecified atom stereocenters. The van der Waals surface area contributed by atoms with Crippen molar-refractivity contribution < 1.29 is 9.59 Å². The monoisotopic (exact) mass is 403 g/mol. The SMILES string of the molecule is CC(=O)Nc1ccc(NC(=O)CCN2c3ccccc3Sc3ccccc32)cc1. The summed E-state index contributed by atoms with van der Waals surface area (Å²) in [6, 6.07) is 23.6. The summed E-state index contributed by atoms with van der Waals surface area (Å²) in [6.07, 6.45) is 0.362. The van der Waals surface area contributed by atoms with E-state index in [2.05, 4.69) is 39.8 Å². The zero-order valence-corrected chi connectivity index (χ0v) is 16.8. The van der Waals surface area contributed by atoms with E-state index in [4.69, 9.17) is 0 Å². The van der Waals surface area contributed by atoms with E-state index in [-0.39, 0.29) is 11.8 Å². The third-order valence-corrected chi connectivity index (χ3v) is 5.71. The summed E-state index contributed by atoms with van der Waals surface area (Å²) in [5.74, 6) is -0.174. The molecule has 29 heavy (non-hydrogen) atoms. The Hall–Kier alpha value is -3.25. The molecule has 1 heterocycles. The minimum absolute atomic E-state index is 0.0505. The Labute approximate surface area is 174 Å². The Bertz CT molecular complexity index is 1000. The molecular weight excluding hydrogens is 382 g/mol. The standard InChI is InChI=1S/C23H21N3O2S/c1-16(27)24-17-10-12-18(13-11-17)25-23(28)14-15-26-19-6-2-4-8-21(19)29-22-9-5-3-7-20(22)26/h2-13H,14-15H2,1H3,(H,24,27)(H,25,28). The van der Waals surface area contributed by atoms with Gasteiger partial charge in [0.2, 0.25) is 11.8 Å². The van der Waals surface area contributed by atoms with Crippen molar-refractivity contribution in [3.8, 4) is 0 Å². The molecule has 2 amide bonds. The number of rotatable bonds is 5. The van der Waals surface area contributed by atoms with Gasteiger partial charge in [0.25, 0.3) is 0 Å². The van der Waals surface area contributed by atoms with Crippen molar-refractivity contribution in [2.45, 2.75) is 23.1 Å². The van der Waals surface area contributed by atoms with Gasteiger partial charge in [0.1, 0.15) is 0 Å². The second-order valence-corrected chi connectivity index (χ2v) is 7.83. The first-order valence-electron chi connectivity index (χ1n) is 9.41. The van der Waals surface area contributed by atoms with E-state index in [9.17, 15) is 9.59 Å². The van der Waals surface area contributed by atoms with Crippen LogP contribution in [0.3, 0.4) is 0 Å². The minimum atomic E-state index is -0.123. The first kappa shape index (κ1) is 19.1. The molecule has 6 heteroatoms. The lowest BCUT2D eigenvalue weighted by molar-refractivity contribution is -0.116. The van der Waals surface area contributed by atoms with E-state index in [0.717, 1.165) is 11.4 Å². The van der Waals surface area contributed by atoms with Gasteiger partial charge in [0.05, 0.1) is 11.4 Å².